The highest BCUT2D eigenvalue weighted by molar-refractivity contribution is 8.00. The van der Waals surface area contributed by atoms with Crippen LogP contribution in [0.15, 0.2) is 59.6 Å². The molecule has 9 heteroatoms. The third-order valence-electron chi connectivity index (χ3n) is 4.54. The highest BCUT2D eigenvalue weighted by Gasteiger charge is 2.12. The lowest BCUT2D eigenvalue weighted by molar-refractivity contribution is 0.112. The van der Waals surface area contributed by atoms with Crippen molar-refractivity contribution in [3.8, 4) is 17.0 Å². The molecule has 31 heavy (non-hydrogen) atoms. The molecule has 0 unspecified atom stereocenters. The van der Waals surface area contributed by atoms with Gasteiger partial charge < -0.3 is 15.2 Å². The molecule has 0 fully saturated rings. The summed E-state index contributed by atoms with van der Waals surface area (Å²) in [4.78, 5) is 19.9. The van der Waals surface area contributed by atoms with Crippen molar-refractivity contribution in [3.63, 3.8) is 0 Å². The lowest BCUT2D eigenvalue weighted by Crippen LogP contribution is -1.98. The molecule has 2 heterocycles. The first-order valence-corrected chi connectivity index (χ1v) is 9.88. The van der Waals surface area contributed by atoms with Crippen molar-refractivity contribution in [3.05, 3.63) is 71.9 Å². The van der Waals surface area contributed by atoms with Crippen LogP contribution in [0, 0.1) is 11.6 Å². The number of nitrogen functional groups attached to an aromatic ring is 1. The summed E-state index contributed by atoms with van der Waals surface area (Å²) >= 11 is 0.977. The molecule has 0 aliphatic rings. The molecule has 3 N–H and O–H groups in total. The van der Waals surface area contributed by atoms with E-state index in [-0.39, 0.29) is 10.7 Å². The number of fused-ring (bicyclic) bond motifs is 1. The van der Waals surface area contributed by atoms with Gasteiger partial charge in [0.1, 0.15) is 23.1 Å². The first-order chi connectivity index (χ1) is 15.0. The van der Waals surface area contributed by atoms with E-state index in [9.17, 15) is 13.6 Å². The van der Waals surface area contributed by atoms with Crippen molar-refractivity contribution < 1.29 is 18.3 Å². The monoisotopic (exact) mass is 438 g/mol. The molecule has 6 nitrogen and oxygen atoms in total. The van der Waals surface area contributed by atoms with E-state index < -0.39 is 11.6 Å². The molecule has 2 aromatic heterocycles. The average Bonchev–Trinajstić information content (AvgIpc) is 2.77. The molecule has 0 radical (unpaired) electrons. The van der Waals surface area contributed by atoms with E-state index in [1.807, 2.05) is 12.1 Å². The number of rotatable bonds is 6. The van der Waals surface area contributed by atoms with Gasteiger partial charge in [-0.25, -0.2) is 18.7 Å². The van der Waals surface area contributed by atoms with E-state index in [0.29, 0.717) is 28.9 Å². The van der Waals surface area contributed by atoms with E-state index >= 15 is 0 Å². The quantitative estimate of drug-likeness (QED) is 0.320. The number of anilines is 2. The first-order valence-electron chi connectivity index (χ1n) is 9.06. The Morgan fingerprint density at radius 3 is 2.68 bits per heavy atom. The Morgan fingerprint density at radius 1 is 1.10 bits per heavy atom. The van der Waals surface area contributed by atoms with Crippen LogP contribution in [-0.4, -0.2) is 23.4 Å². The molecular formula is C22H16F2N4O2S. The minimum Gasteiger partial charge on any atom is -0.480 e. The SMILES string of the molecule is COc1ncc(-c2ccc3nc(N)c(C=O)cc3c2)cc1NSc1ccc(F)cc1F. The van der Waals surface area contributed by atoms with Gasteiger partial charge >= 0.3 is 0 Å². The van der Waals surface area contributed by atoms with Crippen LogP contribution in [0.25, 0.3) is 22.0 Å². The maximum Gasteiger partial charge on any atom is 0.237 e. The summed E-state index contributed by atoms with van der Waals surface area (Å²) in [6.07, 6.45) is 2.30. The Bertz CT molecular complexity index is 1300. The van der Waals surface area contributed by atoms with Gasteiger partial charge in [0, 0.05) is 23.2 Å². The number of nitrogens with one attached hydrogen (secondary N) is 1. The Hall–Kier alpha value is -3.72. The second-order valence-corrected chi connectivity index (χ2v) is 7.40. The number of hydrogen-bond donors (Lipinski definition) is 2. The Morgan fingerprint density at radius 2 is 1.94 bits per heavy atom. The third-order valence-corrected chi connectivity index (χ3v) is 5.42. The fourth-order valence-electron chi connectivity index (χ4n) is 3.00. The smallest absolute Gasteiger partial charge is 0.237 e. The Kier molecular flexibility index (Phi) is 5.68. The molecule has 0 saturated heterocycles. The summed E-state index contributed by atoms with van der Waals surface area (Å²) in [5.74, 6) is -0.823. The van der Waals surface area contributed by atoms with E-state index in [1.165, 1.54) is 19.2 Å². The maximum absolute atomic E-state index is 13.9. The molecule has 0 bridgehead atoms. The third kappa shape index (κ3) is 4.26. The van der Waals surface area contributed by atoms with Crippen molar-refractivity contribution in [2.45, 2.75) is 4.90 Å². The second-order valence-electron chi connectivity index (χ2n) is 6.55. The van der Waals surface area contributed by atoms with Crippen molar-refractivity contribution in [2.24, 2.45) is 0 Å². The highest BCUT2D eigenvalue weighted by Crippen LogP contribution is 2.33. The number of nitrogens with two attached hydrogens (primary N) is 1. The molecule has 0 aliphatic carbocycles. The number of carbonyl (C=O) groups excluding carboxylic acids is 1. The van der Waals surface area contributed by atoms with Gasteiger partial charge in [-0.1, -0.05) is 6.07 Å². The minimum atomic E-state index is -0.673. The topological polar surface area (TPSA) is 90.1 Å². The van der Waals surface area contributed by atoms with Crippen LogP contribution >= 0.6 is 11.9 Å². The molecule has 0 amide bonds. The number of aromatic nitrogens is 2. The zero-order valence-electron chi connectivity index (χ0n) is 16.2. The standard InChI is InChI=1S/C22H16F2N4O2S/c1-30-22-19(28-31-20-5-3-16(23)9-17(20)24)8-14(10-26-22)12-2-4-18-13(6-12)7-15(11-29)21(25)27-18/h2-11,28H,1H3,(H2,25,27). The number of methoxy groups -OCH3 is 1. The van der Waals surface area contributed by atoms with Crippen molar-refractivity contribution in [1.29, 1.82) is 0 Å². The van der Waals surface area contributed by atoms with E-state index in [2.05, 4.69) is 14.7 Å². The van der Waals surface area contributed by atoms with Crippen molar-refractivity contribution in [2.75, 3.05) is 17.6 Å². The second kappa shape index (κ2) is 8.57. The zero-order valence-corrected chi connectivity index (χ0v) is 17.0. The van der Waals surface area contributed by atoms with Crippen LogP contribution in [-0.2, 0) is 0 Å². The molecule has 0 aliphatic heterocycles. The molecule has 0 atom stereocenters. The predicted molar refractivity (Wildman–Crippen MR) is 117 cm³/mol. The van der Waals surface area contributed by atoms with Crippen molar-refractivity contribution >= 4 is 40.6 Å². The van der Waals surface area contributed by atoms with Crippen LogP contribution in [0.5, 0.6) is 5.88 Å². The number of benzene rings is 2. The zero-order chi connectivity index (χ0) is 22.0. The highest BCUT2D eigenvalue weighted by atomic mass is 32.2. The number of ether oxygens (including phenoxy) is 1. The van der Waals surface area contributed by atoms with Gasteiger partial charge in [0.2, 0.25) is 5.88 Å². The number of pyridine rings is 2. The fraction of sp³-hybridized carbons (Fsp3) is 0.0455. The lowest BCUT2D eigenvalue weighted by atomic mass is 10.0. The molecule has 0 spiro atoms. The molecular weight excluding hydrogens is 422 g/mol. The molecule has 0 saturated carbocycles. The molecule has 156 valence electrons. The van der Waals surface area contributed by atoms with Gasteiger partial charge in [-0.05, 0) is 53.9 Å². The molecule has 2 aromatic carbocycles. The van der Waals surface area contributed by atoms with Gasteiger partial charge in [-0.15, -0.1) is 0 Å². The van der Waals surface area contributed by atoms with Gasteiger partial charge in [-0.3, -0.25) is 4.79 Å². The van der Waals surface area contributed by atoms with Crippen molar-refractivity contribution in [1.82, 2.24) is 9.97 Å². The predicted octanol–water partition coefficient (Wildman–Crippen LogP) is 5.10. The number of hydrogen-bond acceptors (Lipinski definition) is 7. The molecule has 4 aromatic rings. The normalized spacial score (nSPS) is 10.8. The van der Waals surface area contributed by atoms with Gasteiger partial charge in [0.25, 0.3) is 0 Å². The van der Waals surface area contributed by atoms with Gasteiger partial charge in [0.15, 0.2) is 6.29 Å². The minimum absolute atomic E-state index is 0.179. The van der Waals surface area contributed by atoms with Crippen LogP contribution in [0.4, 0.5) is 20.3 Å². The van der Waals surface area contributed by atoms with E-state index in [4.69, 9.17) is 10.5 Å². The van der Waals surface area contributed by atoms with Gasteiger partial charge in [-0.2, -0.15) is 0 Å². The van der Waals surface area contributed by atoms with E-state index in [1.54, 1.807) is 24.4 Å². The maximum atomic E-state index is 13.9. The van der Waals surface area contributed by atoms with Crippen LogP contribution in [0.1, 0.15) is 10.4 Å². The number of nitrogens with zero attached hydrogens (tertiary/aromatic N) is 2. The fourth-order valence-corrected chi connectivity index (χ4v) is 3.65. The summed E-state index contributed by atoms with van der Waals surface area (Å²) in [5, 5.41) is 0.752. The Labute approximate surface area is 180 Å². The van der Waals surface area contributed by atoms with E-state index in [0.717, 1.165) is 34.5 Å². The van der Waals surface area contributed by atoms with Gasteiger partial charge in [0.05, 0.1) is 23.1 Å². The van der Waals surface area contributed by atoms with Crippen LogP contribution in [0.3, 0.4) is 0 Å². The first kappa shape index (κ1) is 20.5. The van der Waals surface area contributed by atoms with Crippen LogP contribution in [0.2, 0.25) is 0 Å². The summed E-state index contributed by atoms with van der Waals surface area (Å²) in [6, 6.07) is 12.4. The molecule has 4 rings (SSSR count). The summed E-state index contributed by atoms with van der Waals surface area (Å²) < 4.78 is 35.3. The lowest BCUT2D eigenvalue weighted by Gasteiger charge is -2.12. The number of halogens is 2. The summed E-state index contributed by atoms with van der Waals surface area (Å²) in [5.41, 5.74) is 8.85. The number of carbonyl (C=O) groups is 1. The number of aldehydes is 1. The largest absolute Gasteiger partial charge is 0.480 e. The summed E-state index contributed by atoms with van der Waals surface area (Å²) in [6.45, 7) is 0. The summed E-state index contributed by atoms with van der Waals surface area (Å²) in [7, 11) is 1.48. The Balaban J connectivity index is 1.67. The average molecular weight is 438 g/mol. The van der Waals surface area contributed by atoms with Crippen LogP contribution < -0.4 is 15.2 Å².